The Balaban J connectivity index is 2.16. The minimum absolute atomic E-state index is 0.189. The van der Waals surface area contributed by atoms with E-state index in [1.54, 1.807) is 0 Å². The molecule has 0 aliphatic heterocycles. The number of carbonyl (C=O) groups excluding carboxylic acids is 1. The van der Waals surface area contributed by atoms with Crippen LogP contribution in [0.2, 0.25) is 0 Å². The Labute approximate surface area is 119 Å². The largest absolute Gasteiger partial charge is 0.325 e. The van der Waals surface area contributed by atoms with Crippen molar-refractivity contribution in [1.29, 1.82) is 0 Å². The molecule has 0 spiro atoms. The van der Waals surface area contributed by atoms with Gasteiger partial charge in [-0.25, -0.2) is 0 Å². The zero-order chi connectivity index (χ0) is 14.3. The number of likely N-dealkylation sites (N-methyl/N-ethyl adjacent to an activating group) is 1. The van der Waals surface area contributed by atoms with E-state index in [4.69, 9.17) is 0 Å². The number of Topliss-reactive ketones (excluding diaryl/α,β-unsaturated/α-hetero) is 1. The minimum Gasteiger partial charge on any atom is -0.325 e. The van der Waals surface area contributed by atoms with Crippen LogP contribution < -0.4 is 0 Å². The zero-order valence-electron chi connectivity index (χ0n) is 12.3. The number of hydrogen-bond acceptors (Lipinski definition) is 1. The number of rotatable bonds is 3. The molecule has 0 atom stereocenters. The molecule has 0 radical (unpaired) electrons. The van der Waals surface area contributed by atoms with Gasteiger partial charge < -0.3 is 4.48 Å². The van der Waals surface area contributed by atoms with Crippen LogP contribution in [-0.4, -0.2) is 37.5 Å². The van der Waals surface area contributed by atoms with Crippen LogP contribution >= 0.6 is 0 Å². The van der Waals surface area contributed by atoms with E-state index in [9.17, 15) is 4.79 Å². The molecule has 1 aliphatic carbocycles. The Morgan fingerprint density at radius 1 is 1.05 bits per heavy atom. The van der Waals surface area contributed by atoms with Crippen molar-refractivity contribution in [2.75, 3.05) is 27.2 Å². The predicted octanol–water partition coefficient (Wildman–Crippen LogP) is 3.52. The van der Waals surface area contributed by atoms with Crippen molar-refractivity contribution in [3.63, 3.8) is 0 Å². The summed E-state index contributed by atoms with van der Waals surface area (Å²) in [5.74, 6) is 0.189. The lowest BCUT2D eigenvalue weighted by Gasteiger charge is -2.30. The van der Waals surface area contributed by atoms with Crippen molar-refractivity contribution in [2.45, 2.75) is 6.92 Å². The van der Waals surface area contributed by atoms with Crippen LogP contribution in [0.25, 0.3) is 16.8 Å². The molecule has 3 rings (SSSR count). The second kappa shape index (κ2) is 4.57. The lowest BCUT2D eigenvalue weighted by Crippen LogP contribution is -2.42. The quantitative estimate of drug-likeness (QED) is 0.777. The molecule has 20 heavy (non-hydrogen) atoms. The summed E-state index contributed by atoms with van der Waals surface area (Å²) in [6.07, 6.45) is 2.08. The fraction of sp³-hybridized carbons (Fsp3) is 0.278. The molecule has 2 aromatic carbocycles. The molecule has 2 heteroatoms. The van der Waals surface area contributed by atoms with Crippen molar-refractivity contribution in [3.05, 3.63) is 53.1 Å². The van der Waals surface area contributed by atoms with Gasteiger partial charge in [0.25, 0.3) is 0 Å². The van der Waals surface area contributed by atoms with Gasteiger partial charge in [0.2, 0.25) is 0 Å². The summed E-state index contributed by atoms with van der Waals surface area (Å²) in [6.45, 7) is 3.94. The van der Waals surface area contributed by atoms with Gasteiger partial charge in [-0.15, -0.1) is 0 Å². The molecule has 0 saturated carbocycles. The Hall–Kier alpha value is -1.93. The molecule has 0 amide bonds. The topological polar surface area (TPSA) is 17.1 Å². The summed E-state index contributed by atoms with van der Waals surface area (Å²) in [5.41, 5.74) is 2.94. The highest BCUT2D eigenvalue weighted by Gasteiger charge is 2.26. The molecule has 0 aromatic heterocycles. The number of quaternary nitrogens is 1. The van der Waals surface area contributed by atoms with E-state index >= 15 is 0 Å². The molecule has 0 N–H and O–H groups in total. The Bertz CT molecular complexity index is 720. The van der Waals surface area contributed by atoms with Gasteiger partial charge in [0.05, 0.1) is 26.2 Å². The summed E-state index contributed by atoms with van der Waals surface area (Å²) in [5, 5.41) is 2.25. The van der Waals surface area contributed by atoms with Gasteiger partial charge in [-0.3, -0.25) is 4.79 Å². The maximum absolute atomic E-state index is 12.7. The smallest absolute Gasteiger partial charge is 0.195 e. The maximum atomic E-state index is 12.7. The third-order valence-corrected chi connectivity index (χ3v) is 4.26. The number of hydrogen-bond donors (Lipinski definition) is 0. The maximum Gasteiger partial charge on any atom is 0.195 e. The molecule has 2 aromatic rings. The van der Waals surface area contributed by atoms with Crippen LogP contribution in [0.15, 0.2) is 42.0 Å². The Morgan fingerprint density at radius 3 is 2.45 bits per heavy atom. The third-order valence-electron chi connectivity index (χ3n) is 4.26. The summed E-state index contributed by atoms with van der Waals surface area (Å²) < 4.78 is 0.829. The average Bonchev–Trinajstić information content (AvgIpc) is 2.44. The van der Waals surface area contributed by atoms with Crippen molar-refractivity contribution in [1.82, 2.24) is 0 Å². The van der Waals surface area contributed by atoms with E-state index in [0.29, 0.717) is 0 Å². The van der Waals surface area contributed by atoms with Gasteiger partial charge in [-0.1, -0.05) is 36.4 Å². The van der Waals surface area contributed by atoms with Gasteiger partial charge in [0.1, 0.15) is 6.54 Å². The van der Waals surface area contributed by atoms with E-state index in [1.807, 2.05) is 12.1 Å². The minimum atomic E-state index is 0.189. The summed E-state index contributed by atoms with van der Waals surface area (Å²) in [4.78, 5) is 12.7. The average molecular weight is 266 g/mol. The van der Waals surface area contributed by atoms with E-state index in [2.05, 4.69) is 51.4 Å². The lowest BCUT2D eigenvalue weighted by molar-refractivity contribution is -0.883. The molecule has 102 valence electrons. The van der Waals surface area contributed by atoms with Crippen molar-refractivity contribution < 1.29 is 9.28 Å². The predicted molar refractivity (Wildman–Crippen MR) is 83.8 cm³/mol. The zero-order valence-corrected chi connectivity index (χ0v) is 12.3. The number of carbonyl (C=O) groups is 1. The fourth-order valence-electron chi connectivity index (χ4n) is 2.80. The van der Waals surface area contributed by atoms with Gasteiger partial charge >= 0.3 is 0 Å². The van der Waals surface area contributed by atoms with E-state index in [1.165, 1.54) is 5.56 Å². The van der Waals surface area contributed by atoms with Crippen molar-refractivity contribution in [2.24, 2.45) is 0 Å². The molecule has 0 fully saturated rings. The third kappa shape index (κ3) is 2.06. The highest BCUT2D eigenvalue weighted by atomic mass is 16.1. The van der Waals surface area contributed by atoms with Crippen LogP contribution in [0.1, 0.15) is 22.8 Å². The van der Waals surface area contributed by atoms with Gasteiger partial charge in [-0.05, 0) is 23.9 Å². The van der Waals surface area contributed by atoms with E-state index < -0.39 is 0 Å². The second-order valence-electron chi connectivity index (χ2n) is 6.16. The number of benzene rings is 2. The molecule has 1 aliphatic rings. The monoisotopic (exact) mass is 266 g/mol. The number of nitrogens with zero attached hydrogens (tertiary/aromatic N) is 1. The normalized spacial score (nSPS) is 14.6. The van der Waals surface area contributed by atoms with Crippen molar-refractivity contribution in [3.8, 4) is 0 Å². The van der Waals surface area contributed by atoms with Gasteiger partial charge in [0, 0.05) is 10.9 Å². The molecular weight excluding hydrogens is 246 g/mol. The Kier molecular flexibility index (Phi) is 2.98. The molecule has 0 saturated heterocycles. The van der Waals surface area contributed by atoms with E-state index in [0.717, 1.165) is 39.5 Å². The van der Waals surface area contributed by atoms with Crippen LogP contribution in [0.4, 0.5) is 0 Å². The molecule has 0 unspecified atom stereocenters. The highest BCUT2D eigenvalue weighted by molar-refractivity contribution is 6.22. The SMILES string of the molecule is CC[N+](C)(C)CC1=Cc2cccc3cccc(c23)C1=O. The van der Waals surface area contributed by atoms with Crippen LogP contribution in [-0.2, 0) is 0 Å². The first kappa shape index (κ1) is 13.1. The number of ketones is 1. The van der Waals surface area contributed by atoms with Crippen molar-refractivity contribution >= 4 is 22.6 Å². The molecular formula is C18H20NO+. The standard InChI is InChI=1S/C18H20NO/c1-4-19(2,3)12-15-11-14-9-5-7-13-8-6-10-16(17(13)14)18(15)20/h5-11H,4,12H2,1-3H3/q+1. The first-order chi connectivity index (χ1) is 9.52. The van der Waals surface area contributed by atoms with Gasteiger partial charge in [0.15, 0.2) is 5.78 Å². The van der Waals surface area contributed by atoms with Crippen LogP contribution in [0, 0.1) is 0 Å². The second-order valence-corrected chi connectivity index (χ2v) is 6.16. The van der Waals surface area contributed by atoms with Gasteiger partial charge in [-0.2, -0.15) is 0 Å². The molecule has 0 heterocycles. The Morgan fingerprint density at radius 2 is 1.75 bits per heavy atom. The lowest BCUT2D eigenvalue weighted by atomic mass is 9.87. The fourth-order valence-corrected chi connectivity index (χ4v) is 2.80. The van der Waals surface area contributed by atoms with Crippen LogP contribution in [0.3, 0.4) is 0 Å². The summed E-state index contributed by atoms with van der Waals surface area (Å²) in [7, 11) is 4.32. The first-order valence-corrected chi connectivity index (χ1v) is 7.11. The van der Waals surface area contributed by atoms with Crippen LogP contribution in [0.5, 0.6) is 0 Å². The molecule has 0 bridgehead atoms. The summed E-state index contributed by atoms with van der Waals surface area (Å²) >= 11 is 0. The summed E-state index contributed by atoms with van der Waals surface area (Å²) in [6, 6.07) is 12.2. The van der Waals surface area contributed by atoms with E-state index in [-0.39, 0.29) is 5.78 Å². The highest BCUT2D eigenvalue weighted by Crippen LogP contribution is 2.31. The molecule has 2 nitrogen and oxygen atoms in total. The first-order valence-electron chi connectivity index (χ1n) is 7.11.